The molecule has 3 heterocycles. The van der Waals surface area contributed by atoms with Crippen LogP contribution in [0.2, 0.25) is 0 Å². The van der Waals surface area contributed by atoms with Gasteiger partial charge in [0.1, 0.15) is 10.7 Å². The molecule has 7 heteroatoms. The van der Waals surface area contributed by atoms with Crippen molar-refractivity contribution in [3.8, 4) is 10.4 Å². The summed E-state index contributed by atoms with van der Waals surface area (Å²) >= 11 is 5.04. The van der Waals surface area contributed by atoms with Gasteiger partial charge >= 0.3 is 0 Å². The number of nitrogens with two attached hydrogens (primary N) is 1. The Morgan fingerprint density at radius 1 is 1.37 bits per heavy atom. The Hall–Kier alpha value is -1.15. The predicted molar refractivity (Wildman–Crippen MR) is 85.8 cm³/mol. The van der Waals surface area contributed by atoms with Crippen LogP contribution < -0.4 is 11.3 Å². The van der Waals surface area contributed by atoms with E-state index in [2.05, 4.69) is 32.2 Å². The third kappa shape index (κ3) is 2.34. The first kappa shape index (κ1) is 12.9. The number of nitrogen functional groups attached to an aromatic ring is 1. The van der Waals surface area contributed by atoms with E-state index >= 15 is 0 Å². The number of rotatable bonds is 4. The SMILES string of the molecule is CSCc1nc(NN)c2c(-c3cccs3)csc2n1. The molecule has 4 nitrogen and oxygen atoms in total. The molecule has 0 fully saturated rings. The summed E-state index contributed by atoms with van der Waals surface area (Å²) in [4.78, 5) is 11.3. The van der Waals surface area contributed by atoms with E-state index < -0.39 is 0 Å². The van der Waals surface area contributed by atoms with Gasteiger partial charge in [-0.25, -0.2) is 15.8 Å². The van der Waals surface area contributed by atoms with Gasteiger partial charge in [-0.3, -0.25) is 0 Å². The standard InChI is InChI=1S/C12H12N4S3/c1-17-6-9-14-11(16-13)10-7(5-19-12(10)15-9)8-3-2-4-18-8/h2-5H,6,13H2,1H3,(H,14,15,16). The molecule has 0 atom stereocenters. The number of hydrogen-bond donors (Lipinski definition) is 2. The molecule has 0 amide bonds. The second kappa shape index (κ2) is 5.46. The Bertz CT molecular complexity index is 690. The molecule has 3 rings (SSSR count). The van der Waals surface area contributed by atoms with Gasteiger partial charge in [-0.15, -0.1) is 22.7 Å². The van der Waals surface area contributed by atoms with Crippen molar-refractivity contribution in [2.75, 3.05) is 11.7 Å². The fraction of sp³-hybridized carbons (Fsp3) is 0.167. The topological polar surface area (TPSA) is 63.8 Å². The van der Waals surface area contributed by atoms with Crippen molar-refractivity contribution in [2.24, 2.45) is 5.84 Å². The van der Waals surface area contributed by atoms with Crippen LogP contribution in [0.5, 0.6) is 0 Å². The molecule has 0 spiro atoms. The molecular weight excluding hydrogens is 296 g/mol. The maximum Gasteiger partial charge on any atom is 0.153 e. The van der Waals surface area contributed by atoms with Crippen LogP contribution in [0.1, 0.15) is 5.82 Å². The van der Waals surface area contributed by atoms with Crippen LogP contribution in [0, 0.1) is 0 Å². The van der Waals surface area contributed by atoms with Crippen LogP contribution in [0.15, 0.2) is 22.9 Å². The molecule has 0 bridgehead atoms. The summed E-state index contributed by atoms with van der Waals surface area (Å²) in [5.41, 5.74) is 3.86. The maximum atomic E-state index is 5.62. The number of thiophene rings is 2. The van der Waals surface area contributed by atoms with Gasteiger partial charge in [0.05, 0.1) is 11.1 Å². The summed E-state index contributed by atoms with van der Waals surface area (Å²) in [5, 5.41) is 5.20. The number of aromatic nitrogens is 2. The van der Waals surface area contributed by atoms with Crippen molar-refractivity contribution < 1.29 is 0 Å². The Morgan fingerprint density at radius 3 is 2.95 bits per heavy atom. The van der Waals surface area contributed by atoms with Crippen molar-refractivity contribution in [3.05, 3.63) is 28.7 Å². The van der Waals surface area contributed by atoms with E-state index in [1.54, 1.807) is 34.4 Å². The van der Waals surface area contributed by atoms with E-state index in [0.29, 0.717) is 5.82 Å². The van der Waals surface area contributed by atoms with Gasteiger partial charge in [-0.2, -0.15) is 11.8 Å². The fourth-order valence-electron chi connectivity index (χ4n) is 1.90. The molecule has 19 heavy (non-hydrogen) atoms. The minimum Gasteiger partial charge on any atom is -0.308 e. The lowest BCUT2D eigenvalue weighted by Crippen LogP contribution is -2.10. The van der Waals surface area contributed by atoms with Gasteiger partial charge in [0.25, 0.3) is 0 Å². The number of thioether (sulfide) groups is 1. The monoisotopic (exact) mass is 308 g/mol. The van der Waals surface area contributed by atoms with Crippen molar-refractivity contribution in [3.63, 3.8) is 0 Å². The van der Waals surface area contributed by atoms with Crippen LogP contribution in [0.3, 0.4) is 0 Å². The van der Waals surface area contributed by atoms with Crippen LogP contribution in [0.25, 0.3) is 20.7 Å². The normalized spacial score (nSPS) is 11.1. The van der Waals surface area contributed by atoms with E-state index in [-0.39, 0.29) is 0 Å². The van der Waals surface area contributed by atoms with Crippen LogP contribution >= 0.6 is 34.4 Å². The molecule has 0 aromatic carbocycles. The highest BCUT2D eigenvalue weighted by Crippen LogP contribution is 2.38. The quantitative estimate of drug-likeness (QED) is 0.570. The van der Waals surface area contributed by atoms with Gasteiger partial charge in [-0.05, 0) is 17.7 Å². The van der Waals surface area contributed by atoms with E-state index in [9.17, 15) is 0 Å². The van der Waals surface area contributed by atoms with Gasteiger partial charge in [0.15, 0.2) is 5.82 Å². The number of nitrogens with zero attached hydrogens (tertiary/aromatic N) is 2. The fourth-order valence-corrected chi connectivity index (χ4v) is 4.06. The molecule has 0 saturated heterocycles. The molecule has 3 aromatic rings. The first-order valence-corrected chi connectivity index (χ1v) is 8.76. The molecule has 3 aromatic heterocycles. The summed E-state index contributed by atoms with van der Waals surface area (Å²) in [5.74, 6) is 7.93. The van der Waals surface area contributed by atoms with Gasteiger partial charge < -0.3 is 5.43 Å². The summed E-state index contributed by atoms with van der Waals surface area (Å²) in [6.07, 6.45) is 2.04. The van der Waals surface area contributed by atoms with Crippen LogP contribution in [-0.2, 0) is 5.75 Å². The lowest BCUT2D eigenvalue weighted by molar-refractivity contribution is 1.07. The van der Waals surface area contributed by atoms with E-state index in [1.807, 2.05) is 12.3 Å². The smallest absolute Gasteiger partial charge is 0.153 e. The lowest BCUT2D eigenvalue weighted by Gasteiger charge is -2.05. The first-order valence-electron chi connectivity index (χ1n) is 5.61. The second-order valence-electron chi connectivity index (χ2n) is 3.87. The minimum absolute atomic E-state index is 0.707. The zero-order valence-corrected chi connectivity index (χ0v) is 12.7. The molecule has 0 aliphatic heterocycles. The van der Waals surface area contributed by atoms with Crippen molar-refractivity contribution in [2.45, 2.75) is 5.75 Å². The highest BCUT2D eigenvalue weighted by atomic mass is 32.2. The maximum absolute atomic E-state index is 5.62. The van der Waals surface area contributed by atoms with Gasteiger partial charge in [0.2, 0.25) is 0 Å². The third-order valence-corrected chi connectivity index (χ3v) is 5.00. The summed E-state index contributed by atoms with van der Waals surface area (Å²) < 4.78 is 0. The minimum atomic E-state index is 0.707. The summed E-state index contributed by atoms with van der Waals surface area (Å²) in [6, 6.07) is 4.14. The van der Waals surface area contributed by atoms with E-state index in [1.165, 1.54) is 4.88 Å². The molecule has 0 saturated carbocycles. The summed E-state index contributed by atoms with van der Waals surface area (Å²) in [6.45, 7) is 0. The highest BCUT2D eigenvalue weighted by molar-refractivity contribution is 7.97. The Kier molecular flexibility index (Phi) is 3.69. The Morgan fingerprint density at radius 2 is 2.26 bits per heavy atom. The van der Waals surface area contributed by atoms with E-state index in [0.717, 1.165) is 27.4 Å². The second-order valence-corrected chi connectivity index (χ2v) is 6.54. The molecule has 98 valence electrons. The number of hydrogen-bond acceptors (Lipinski definition) is 7. The molecule has 0 aliphatic rings. The van der Waals surface area contributed by atoms with Gasteiger partial charge in [0, 0.05) is 15.8 Å². The largest absolute Gasteiger partial charge is 0.308 e. The molecule has 3 N–H and O–H groups in total. The zero-order valence-electron chi connectivity index (χ0n) is 10.2. The van der Waals surface area contributed by atoms with Crippen LogP contribution in [-0.4, -0.2) is 16.2 Å². The number of anilines is 1. The van der Waals surface area contributed by atoms with Crippen molar-refractivity contribution in [1.29, 1.82) is 0 Å². The molecule has 0 radical (unpaired) electrons. The van der Waals surface area contributed by atoms with Crippen LogP contribution in [0.4, 0.5) is 5.82 Å². The predicted octanol–water partition coefficient (Wildman–Crippen LogP) is 3.57. The van der Waals surface area contributed by atoms with Crippen molar-refractivity contribution >= 4 is 50.5 Å². The van der Waals surface area contributed by atoms with Crippen molar-refractivity contribution in [1.82, 2.24) is 9.97 Å². The first-order chi connectivity index (χ1) is 9.33. The Balaban J connectivity index is 2.22. The summed E-state index contributed by atoms with van der Waals surface area (Å²) in [7, 11) is 0. The molecule has 0 unspecified atom stereocenters. The average Bonchev–Trinajstić information content (AvgIpc) is 3.06. The molecular formula is C12H12N4S3. The average molecular weight is 308 g/mol. The zero-order chi connectivity index (χ0) is 13.2. The highest BCUT2D eigenvalue weighted by Gasteiger charge is 2.15. The molecule has 0 aliphatic carbocycles. The Labute approximate surface area is 123 Å². The van der Waals surface area contributed by atoms with Gasteiger partial charge in [-0.1, -0.05) is 6.07 Å². The lowest BCUT2D eigenvalue weighted by atomic mass is 10.2. The number of fused-ring (bicyclic) bond motifs is 1. The number of nitrogens with one attached hydrogen (secondary N) is 1. The third-order valence-electron chi connectivity index (χ3n) is 2.68. The number of hydrazine groups is 1. The van der Waals surface area contributed by atoms with E-state index in [4.69, 9.17) is 5.84 Å².